The largest absolute Gasteiger partial charge is 0.367 e. The number of nitrogens with two attached hydrogens (primary N) is 1. The Kier molecular flexibility index (Phi) is 3.91. The first-order valence-electron chi connectivity index (χ1n) is 4.16. The van der Waals surface area contributed by atoms with Gasteiger partial charge in [0.2, 0.25) is 11.1 Å². The molecule has 0 amide bonds. The van der Waals surface area contributed by atoms with Crippen LogP contribution in [0.25, 0.3) is 0 Å². The first-order chi connectivity index (χ1) is 6.18. The standard InChI is InChI=1S/C7H15N5S/c1-12(2)5-3-4-9-7-10-6(8)11-13-7/h3-5H2,1-2H3,(H3,8,9,10,11). The van der Waals surface area contributed by atoms with Gasteiger partial charge in [0.25, 0.3) is 0 Å². The SMILES string of the molecule is CN(C)CCCNc1nc(N)ns1. The molecule has 0 aliphatic rings. The molecule has 1 heterocycles. The van der Waals surface area contributed by atoms with Gasteiger partial charge in [0.15, 0.2) is 0 Å². The Morgan fingerprint density at radius 3 is 2.85 bits per heavy atom. The van der Waals surface area contributed by atoms with Gasteiger partial charge in [0, 0.05) is 18.1 Å². The number of anilines is 2. The van der Waals surface area contributed by atoms with E-state index in [1.54, 1.807) is 0 Å². The lowest BCUT2D eigenvalue weighted by Gasteiger charge is -2.08. The summed E-state index contributed by atoms with van der Waals surface area (Å²) in [5, 5.41) is 3.96. The average molecular weight is 201 g/mol. The summed E-state index contributed by atoms with van der Waals surface area (Å²) in [4.78, 5) is 6.14. The quantitative estimate of drug-likeness (QED) is 0.678. The summed E-state index contributed by atoms with van der Waals surface area (Å²) in [7, 11) is 4.12. The second kappa shape index (κ2) is 4.98. The van der Waals surface area contributed by atoms with Crippen molar-refractivity contribution in [3.05, 3.63) is 0 Å². The molecule has 0 saturated carbocycles. The molecule has 1 rings (SSSR count). The Labute approximate surface area is 82.1 Å². The summed E-state index contributed by atoms with van der Waals surface area (Å²) in [5.74, 6) is 0.347. The van der Waals surface area contributed by atoms with Crippen molar-refractivity contribution >= 4 is 22.6 Å². The molecule has 0 fully saturated rings. The lowest BCUT2D eigenvalue weighted by Crippen LogP contribution is -2.16. The molecule has 0 aromatic carbocycles. The van der Waals surface area contributed by atoms with Gasteiger partial charge in [-0.05, 0) is 27.1 Å². The van der Waals surface area contributed by atoms with Crippen molar-refractivity contribution in [1.29, 1.82) is 0 Å². The predicted molar refractivity (Wildman–Crippen MR) is 56.0 cm³/mol. The number of nitrogens with zero attached hydrogens (tertiary/aromatic N) is 3. The summed E-state index contributed by atoms with van der Waals surface area (Å²) in [5.41, 5.74) is 5.37. The maximum Gasteiger partial charge on any atom is 0.233 e. The summed E-state index contributed by atoms with van der Waals surface area (Å²) in [6.07, 6.45) is 1.09. The zero-order valence-corrected chi connectivity index (χ0v) is 8.77. The van der Waals surface area contributed by atoms with Gasteiger partial charge >= 0.3 is 0 Å². The van der Waals surface area contributed by atoms with Gasteiger partial charge in [-0.15, -0.1) is 0 Å². The summed E-state index contributed by atoms with van der Waals surface area (Å²) >= 11 is 1.30. The number of nitrogens with one attached hydrogen (secondary N) is 1. The maximum atomic E-state index is 5.37. The Morgan fingerprint density at radius 1 is 1.54 bits per heavy atom. The van der Waals surface area contributed by atoms with Crippen molar-refractivity contribution in [2.24, 2.45) is 0 Å². The van der Waals surface area contributed by atoms with Gasteiger partial charge in [0.1, 0.15) is 0 Å². The van der Waals surface area contributed by atoms with Crippen molar-refractivity contribution < 1.29 is 0 Å². The molecule has 0 aliphatic carbocycles. The number of hydrogen-bond acceptors (Lipinski definition) is 6. The number of rotatable bonds is 5. The second-order valence-corrected chi connectivity index (χ2v) is 3.79. The van der Waals surface area contributed by atoms with Gasteiger partial charge in [0.05, 0.1) is 0 Å². The lowest BCUT2D eigenvalue weighted by molar-refractivity contribution is 0.405. The summed E-state index contributed by atoms with van der Waals surface area (Å²) in [6, 6.07) is 0. The molecule has 6 heteroatoms. The zero-order valence-electron chi connectivity index (χ0n) is 7.95. The Balaban J connectivity index is 2.13. The van der Waals surface area contributed by atoms with Crippen LogP contribution in [-0.2, 0) is 0 Å². The predicted octanol–water partition coefficient (Wildman–Crippen LogP) is 0.484. The first-order valence-corrected chi connectivity index (χ1v) is 4.93. The van der Waals surface area contributed by atoms with E-state index in [0.29, 0.717) is 5.95 Å². The molecular formula is C7H15N5S. The molecule has 0 saturated heterocycles. The number of aromatic nitrogens is 2. The van der Waals surface area contributed by atoms with Crippen LogP contribution in [0.3, 0.4) is 0 Å². The van der Waals surface area contributed by atoms with Crippen LogP contribution < -0.4 is 11.1 Å². The van der Waals surface area contributed by atoms with Crippen molar-refractivity contribution in [3.63, 3.8) is 0 Å². The molecule has 0 spiro atoms. The molecule has 0 aliphatic heterocycles. The third kappa shape index (κ3) is 4.05. The highest BCUT2D eigenvalue weighted by Gasteiger charge is 1.98. The fourth-order valence-electron chi connectivity index (χ4n) is 0.897. The van der Waals surface area contributed by atoms with E-state index in [1.165, 1.54) is 11.5 Å². The van der Waals surface area contributed by atoms with E-state index in [9.17, 15) is 0 Å². The fourth-order valence-corrected chi connectivity index (χ4v) is 1.42. The van der Waals surface area contributed by atoms with E-state index in [1.807, 2.05) is 0 Å². The topological polar surface area (TPSA) is 67.1 Å². The van der Waals surface area contributed by atoms with Crippen LogP contribution in [0.2, 0.25) is 0 Å². The summed E-state index contributed by atoms with van der Waals surface area (Å²) in [6.45, 7) is 1.98. The molecule has 0 atom stereocenters. The molecular weight excluding hydrogens is 186 g/mol. The van der Waals surface area contributed by atoms with Crippen molar-refractivity contribution in [1.82, 2.24) is 14.3 Å². The third-order valence-corrected chi connectivity index (χ3v) is 2.19. The van der Waals surface area contributed by atoms with E-state index >= 15 is 0 Å². The highest BCUT2D eigenvalue weighted by atomic mass is 32.1. The van der Waals surface area contributed by atoms with E-state index < -0.39 is 0 Å². The molecule has 1 aromatic rings. The minimum atomic E-state index is 0.347. The Morgan fingerprint density at radius 2 is 2.31 bits per heavy atom. The summed E-state index contributed by atoms with van der Waals surface area (Å²) < 4.78 is 3.87. The average Bonchev–Trinajstić information content (AvgIpc) is 2.45. The molecule has 0 radical (unpaired) electrons. The third-order valence-electron chi connectivity index (χ3n) is 1.50. The Hall–Kier alpha value is -0.880. The van der Waals surface area contributed by atoms with Crippen LogP contribution in [0.4, 0.5) is 11.1 Å². The van der Waals surface area contributed by atoms with Crippen LogP contribution in [-0.4, -0.2) is 41.4 Å². The fraction of sp³-hybridized carbons (Fsp3) is 0.714. The molecule has 5 nitrogen and oxygen atoms in total. The lowest BCUT2D eigenvalue weighted by atomic mass is 10.4. The van der Waals surface area contributed by atoms with E-state index in [0.717, 1.165) is 24.6 Å². The van der Waals surface area contributed by atoms with E-state index in [-0.39, 0.29) is 0 Å². The molecule has 13 heavy (non-hydrogen) atoms. The molecule has 74 valence electrons. The smallest absolute Gasteiger partial charge is 0.233 e. The van der Waals surface area contributed by atoms with Gasteiger partial charge in [-0.25, -0.2) is 0 Å². The van der Waals surface area contributed by atoms with E-state index in [4.69, 9.17) is 5.73 Å². The first kappa shape index (κ1) is 10.2. The normalized spacial score (nSPS) is 10.7. The van der Waals surface area contributed by atoms with Gasteiger partial charge < -0.3 is 16.0 Å². The highest BCUT2D eigenvalue weighted by Crippen LogP contribution is 2.11. The second-order valence-electron chi connectivity index (χ2n) is 3.04. The van der Waals surface area contributed by atoms with Gasteiger partial charge in [-0.3, -0.25) is 0 Å². The highest BCUT2D eigenvalue weighted by molar-refractivity contribution is 7.09. The molecule has 3 N–H and O–H groups in total. The number of nitrogen functional groups attached to an aromatic ring is 1. The molecule has 0 unspecified atom stereocenters. The van der Waals surface area contributed by atoms with E-state index in [2.05, 4.69) is 33.7 Å². The van der Waals surface area contributed by atoms with Gasteiger partial charge in [-0.1, -0.05) is 0 Å². The van der Waals surface area contributed by atoms with Crippen LogP contribution in [0.15, 0.2) is 0 Å². The van der Waals surface area contributed by atoms with Crippen molar-refractivity contribution in [3.8, 4) is 0 Å². The maximum absolute atomic E-state index is 5.37. The Bertz CT molecular complexity index is 247. The zero-order chi connectivity index (χ0) is 9.68. The van der Waals surface area contributed by atoms with Crippen LogP contribution in [0.5, 0.6) is 0 Å². The molecule has 0 bridgehead atoms. The van der Waals surface area contributed by atoms with Gasteiger partial charge in [-0.2, -0.15) is 9.36 Å². The number of hydrogen-bond donors (Lipinski definition) is 2. The monoisotopic (exact) mass is 201 g/mol. The van der Waals surface area contributed by atoms with Crippen molar-refractivity contribution in [2.75, 3.05) is 38.2 Å². The minimum Gasteiger partial charge on any atom is -0.367 e. The molecule has 1 aromatic heterocycles. The van der Waals surface area contributed by atoms with Crippen LogP contribution >= 0.6 is 11.5 Å². The van der Waals surface area contributed by atoms with Crippen LogP contribution in [0.1, 0.15) is 6.42 Å². The minimum absolute atomic E-state index is 0.347. The van der Waals surface area contributed by atoms with Crippen molar-refractivity contribution in [2.45, 2.75) is 6.42 Å². The van der Waals surface area contributed by atoms with Crippen LogP contribution in [0, 0.1) is 0 Å².